The van der Waals surface area contributed by atoms with Crippen LogP contribution in [0.3, 0.4) is 0 Å². The topological polar surface area (TPSA) is 24.9 Å². The first-order valence-electron chi connectivity index (χ1n) is 9.54. The molecular formula is C19H30N2O2S. The van der Waals surface area contributed by atoms with E-state index in [1.165, 1.54) is 30.8 Å². The van der Waals surface area contributed by atoms with Crippen molar-refractivity contribution >= 4 is 11.3 Å². The maximum Gasteiger partial charge on any atom is 0.0836 e. The van der Waals surface area contributed by atoms with E-state index in [2.05, 4.69) is 27.3 Å². The fourth-order valence-corrected chi connectivity index (χ4v) is 5.10. The van der Waals surface area contributed by atoms with Gasteiger partial charge in [0.25, 0.3) is 0 Å². The van der Waals surface area contributed by atoms with Crippen molar-refractivity contribution in [2.45, 2.75) is 50.4 Å². The molecule has 1 aromatic heterocycles. The Bertz CT molecular complexity index is 493. The molecule has 134 valence electrons. The number of ether oxygens (including phenoxy) is 2. The van der Waals surface area contributed by atoms with E-state index in [-0.39, 0.29) is 5.60 Å². The van der Waals surface area contributed by atoms with Crippen molar-refractivity contribution in [3.8, 4) is 0 Å². The maximum atomic E-state index is 6.24. The maximum absolute atomic E-state index is 6.24. The second kappa shape index (κ2) is 7.83. The second-order valence-corrected chi connectivity index (χ2v) is 8.63. The van der Waals surface area contributed by atoms with Crippen LogP contribution in [0, 0.1) is 0 Å². The highest BCUT2D eigenvalue weighted by molar-refractivity contribution is 7.09. The highest BCUT2D eigenvalue weighted by Gasteiger charge is 2.43. The summed E-state index contributed by atoms with van der Waals surface area (Å²) in [6.07, 6.45) is 6.44. The van der Waals surface area contributed by atoms with Gasteiger partial charge in [0, 0.05) is 37.5 Å². The first kappa shape index (κ1) is 17.0. The van der Waals surface area contributed by atoms with Gasteiger partial charge in [-0.05, 0) is 50.2 Å². The van der Waals surface area contributed by atoms with Crippen molar-refractivity contribution in [1.82, 2.24) is 9.80 Å². The molecule has 0 aromatic carbocycles. The third-order valence-electron chi connectivity index (χ3n) is 5.86. The minimum atomic E-state index is 0.101. The van der Waals surface area contributed by atoms with Crippen LogP contribution in [0.1, 0.15) is 37.0 Å². The van der Waals surface area contributed by atoms with Crippen molar-refractivity contribution < 1.29 is 9.47 Å². The van der Waals surface area contributed by atoms with E-state index < -0.39 is 0 Å². The van der Waals surface area contributed by atoms with Gasteiger partial charge in [0.1, 0.15) is 0 Å². The van der Waals surface area contributed by atoms with E-state index in [0.29, 0.717) is 6.10 Å². The first-order valence-corrected chi connectivity index (χ1v) is 10.4. The summed E-state index contributed by atoms with van der Waals surface area (Å²) in [7, 11) is 0. The fourth-order valence-electron chi connectivity index (χ4n) is 4.35. The van der Waals surface area contributed by atoms with Crippen molar-refractivity contribution in [1.29, 1.82) is 0 Å². The van der Waals surface area contributed by atoms with Crippen LogP contribution in [-0.4, -0.2) is 67.4 Å². The molecule has 0 saturated carbocycles. The van der Waals surface area contributed by atoms with Crippen LogP contribution in [0.25, 0.3) is 0 Å². The zero-order valence-electron chi connectivity index (χ0n) is 14.6. The molecule has 3 fully saturated rings. The van der Waals surface area contributed by atoms with Crippen LogP contribution in [0.15, 0.2) is 17.5 Å². The van der Waals surface area contributed by atoms with Crippen molar-refractivity contribution in [3.05, 3.63) is 22.4 Å². The van der Waals surface area contributed by atoms with E-state index in [1.807, 2.05) is 11.3 Å². The quantitative estimate of drug-likeness (QED) is 0.787. The number of hydrogen-bond donors (Lipinski definition) is 0. The molecule has 0 N–H and O–H groups in total. The summed E-state index contributed by atoms with van der Waals surface area (Å²) < 4.78 is 12.4. The van der Waals surface area contributed by atoms with Gasteiger partial charge in [-0.15, -0.1) is 11.3 Å². The SMILES string of the molecule is c1csc(CN2CCC3(CC2)C[C@@H](OCCN2CCCC2)CO3)c1. The van der Waals surface area contributed by atoms with Gasteiger partial charge >= 0.3 is 0 Å². The number of hydrogen-bond acceptors (Lipinski definition) is 5. The number of piperidine rings is 1. The van der Waals surface area contributed by atoms with Gasteiger partial charge in [0.2, 0.25) is 0 Å². The Balaban J connectivity index is 1.17. The molecule has 3 saturated heterocycles. The molecule has 0 amide bonds. The largest absolute Gasteiger partial charge is 0.374 e. The summed E-state index contributed by atoms with van der Waals surface area (Å²) in [5.74, 6) is 0. The Hall–Kier alpha value is -0.460. The van der Waals surface area contributed by atoms with E-state index in [9.17, 15) is 0 Å². The molecule has 1 aromatic rings. The highest BCUT2D eigenvalue weighted by Crippen LogP contribution is 2.37. The lowest BCUT2D eigenvalue weighted by atomic mass is 9.88. The second-order valence-electron chi connectivity index (χ2n) is 7.60. The molecule has 1 spiro atoms. The van der Waals surface area contributed by atoms with E-state index >= 15 is 0 Å². The zero-order valence-corrected chi connectivity index (χ0v) is 15.4. The third-order valence-corrected chi connectivity index (χ3v) is 6.72. The van der Waals surface area contributed by atoms with Crippen LogP contribution >= 0.6 is 11.3 Å². The van der Waals surface area contributed by atoms with E-state index in [1.54, 1.807) is 0 Å². The third kappa shape index (κ3) is 4.20. The number of thiophene rings is 1. The van der Waals surface area contributed by atoms with E-state index in [4.69, 9.17) is 9.47 Å². The number of nitrogens with zero attached hydrogens (tertiary/aromatic N) is 2. The van der Waals surface area contributed by atoms with Crippen molar-refractivity contribution in [2.24, 2.45) is 0 Å². The Morgan fingerprint density at radius 1 is 1.17 bits per heavy atom. The molecule has 0 radical (unpaired) electrons. The summed E-state index contributed by atoms with van der Waals surface area (Å²) in [5, 5.41) is 2.17. The smallest absolute Gasteiger partial charge is 0.0836 e. The van der Waals surface area contributed by atoms with Gasteiger partial charge < -0.3 is 14.4 Å². The molecule has 4 nitrogen and oxygen atoms in total. The van der Waals surface area contributed by atoms with Crippen molar-refractivity contribution in [3.63, 3.8) is 0 Å². The molecule has 24 heavy (non-hydrogen) atoms. The van der Waals surface area contributed by atoms with Gasteiger partial charge in [-0.2, -0.15) is 0 Å². The summed E-state index contributed by atoms with van der Waals surface area (Å²) in [4.78, 5) is 6.57. The van der Waals surface area contributed by atoms with Crippen LogP contribution in [-0.2, 0) is 16.0 Å². The molecule has 4 heterocycles. The molecule has 3 aliphatic heterocycles. The van der Waals surface area contributed by atoms with Crippen LogP contribution in [0.2, 0.25) is 0 Å². The summed E-state index contributed by atoms with van der Waals surface area (Å²) in [6, 6.07) is 4.39. The van der Waals surface area contributed by atoms with Crippen LogP contribution in [0.4, 0.5) is 0 Å². The number of rotatable bonds is 6. The van der Waals surface area contributed by atoms with Gasteiger partial charge in [0.05, 0.1) is 24.9 Å². The van der Waals surface area contributed by atoms with Crippen molar-refractivity contribution in [2.75, 3.05) is 45.9 Å². The molecule has 1 atom stereocenters. The Kier molecular flexibility index (Phi) is 5.54. The zero-order chi connectivity index (χ0) is 16.2. The van der Waals surface area contributed by atoms with Crippen LogP contribution in [0.5, 0.6) is 0 Å². The minimum Gasteiger partial charge on any atom is -0.374 e. The van der Waals surface area contributed by atoms with Crippen LogP contribution < -0.4 is 0 Å². The van der Waals surface area contributed by atoms with Gasteiger partial charge in [-0.1, -0.05) is 6.07 Å². The molecule has 0 bridgehead atoms. The molecule has 0 unspecified atom stereocenters. The monoisotopic (exact) mass is 350 g/mol. The van der Waals surface area contributed by atoms with Gasteiger partial charge in [0.15, 0.2) is 0 Å². The molecule has 4 rings (SSSR count). The predicted octanol–water partition coefficient (Wildman–Crippen LogP) is 2.98. The lowest BCUT2D eigenvalue weighted by Crippen LogP contribution is -2.43. The van der Waals surface area contributed by atoms with E-state index in [0.717, 1.165) is 58.7 Å². The molecule has 0 aliphatic carbocycles. The lowest BCUT2D eigenvalue weighted by Gasteiger charge is -2.38. The number of likely N-dealkylation sites (tertiary alicyclic amines) is 2. The molecule has 3 aliphatic rings. The van der Waals surface area contributed by atoms with Gasteiger partial charge in [-0.25, -0.2) is 0 Å². The summed E-state index contributed by atoms with van der Waals surface area (Å²) in [6.45, 7) is 8.68. The highest BCUT2D eigenvalue weighted by atomic mass is 32.1. The standard InChI is InChI=1S/C19H30N2O2S/c1-2-8-20(7-1)11-12-22-17-14-19(23-16-17)5-9-21(10-6-19)15-18-4-3-13-24-18/h3-4,13,17H,1-2,5-12,14-16H2/t17-/m1/s1. The summed E-state index contributed by atoms with van der Waals surface area (Å²) in [5.41, 5.74) is 0.101. The Labute approximate surface area is 149 Å². The molecular weight excluding hydrogens is 320 g/mol. The average Bonchev–Trinajstić information content (AvgIpc) is 3.34. The average molecular weight is 351 g/mol. The fraction of sp³-hybridized carbons (Fsp3) is 0.789. The normalized spacial score (nSPS) is 28.1. The Morgan fingerprint density at radius 3 is 2.75 bits per heavy atom. The summed E-state index contributed by atoms with van der Waals surface area (Å²) >= 11 is 1.86. The predicted molar refractivity (Wildman–Crippen MR) is 97.5 cm³/mol. The Morgan fingerprint density at radius 2 is 2.00 bits per heavy atom. The van der Waals surface area contributed by atoms with Gasteiger partial charge in [-0.3, -0.25) is 4.90 Å². The first-order chi connectivity index (χ1) is 11.8. The lowest BCUT2D eigenvalue weighted by molar-refractivity contribution is -0.0465. The molecule has 5 heteroatoms. The minimum absolute atomic E-state index is 0.101.